The molecule has 9 atom stereocenters. The molecular formula is C51H73ClN6O12S. The molecule has 392 valence electrons. The lowest BCUT2D eigenvalue weighted by atomic mass is 9.77. The fraction of sp³-hybridized carbons (Fsp3) is 0.667. The third kappa shape index (κ3) is 13.2. The van der Waals surface area contributed by atoms with Crippen LogP contribution in [0.25, 0.3) is 0 Å². The largest absolute Gasteiger partial charge is 0.495 e. The van der Waals surface area contributed by atoms with E-state index in [1.54, 1.807) is 39.2 Å². The van der Waals surface area contributed by atoms with Crippen molar-refractivity contribution in [1.82, 2.24) is 20.4 Å². The highest BCUT2D eigenvalue weighted by Gasteiger charge is 2.63. The van der Waals surface area contributed by atoms with Crippen molar-refractivity contribution in [3.63, 3.8) is 0 Å². The number of likely N-dealkylation sites (N-methyl/N-ethyl adjacent to an activating group) is 1. The molecule has 1 aromatic carbocycles. The first-order valence-electron chi connectivity index (χ1n) is 24.7. The second-order valence-corrected chi connectivity index (χ2v) is 21.8. The van der Waals surface area contributed by atoms with Crippen molar-refractivity contribution in [3.8, 4) is 5.75 Å². The highest BCUT2D eigenvalue weighted by molar-refractivity contribution is 8.00. The molecule has 6 amide bonds. The van der Waals surface area contributed by atoms with Gasteiger partial charge in [-0.05, 0) is 95.2 Å². The number of carbonyl (C=O) groups excluding carboxylic acids is 7. The Kier molecular flexibility index (Phi) is 18.9. The van der Waals surface area contributed by atoms with Crippen LogP contribution in [0.1, 0.15) is 97.5 Å². The number of benzene rings is 1. The number of epoxide rings is 1. The number of amides is 6. The molecule has 20 heteroatoms. The third-order valence-electron chi connectivity index (χ3n) is 15.2. The third-order valence-corrected chi connectivity index (χ3v) is 16.9. The Morgan fingerprint density at radius 2 is 1.83 bits per heavy atom. The number of fused-ring (bicyclic) bond motifs is 5. The summed E-state index contributed by atoms with van der Waals surface area (Å²) in [6.07, 6.45) is 5.66. The summed E-state index contributed by atoms with van der Waals surface area (Å²) in [6, 6.07) is 2.78. The molecule has 1 unspecified atom stereocenters. The molecule has 6 rings (SSSR count). The second-order valence-electron chi connectivity index (χ2n) is 20.2. The maximum atomic E-state index is 14.5. The molecule has 1 aromatic rings. The first-order valence-corrected chi connectivity index (χ1v) is 26.2. The minimum atomic E-state index is -1.83. The maximum absolute atomic E-state index is 14.5. The van der Waals surface area contributed by atoms with Crippen LogP contribution in [0, 0.1) is 23.7 Å². The molecule has 0 spiro atoms. The lowest BCUT2D eigenvalue weighted by Gasteiger charge is -2.42. The average molecular weight is 1030 g/mol. The number of nitrogens with zero attached hydrogens (tertiary/aromatic N) is 3. The second kappa shape index (κ2) is 24.0. The van der Waals surface area contributed by atoms with E-state index in [1.165, 1.54) is 40.7 Å². The number of rotatable bonds is 16. The van der Waals surface area contributed by atoms with Crippen LogP contribution in [-0.4, -0.2) is 151 Å². The number of carbonyl (C=O) groups is 7. The van der Waals surface area contributed by atoms with E-state index in [2.05, 4.69) is 10.6 Å². The number of ether oxygens (including phenoxy) is 4. The Morgan fingerprint density at radius 3 is 2.51 bits per heavy atom. The summed E-state index contributed by atoms with van der Waals surface area (Å²) in [5.41, 5.74) is 4.82. The first-order chi connectivity index (χ1) is 33.6. The maximum Gasteiger partial charge on any atom is 0.409 e. The summed E-state index contributed by atoms with van der Waals surface area (Å²) in [5.74, 6) is -1.85. The normalized spacial score (nSPS) is 31.9. The monoisotopic (exact) mass is 1030 g/mol. The number of hydrogen-bond acceptors (Lipinski definition) is 14. The smallest absolute Gasteiger partial charge is 0.409 e. The Balaban J connectivity index is 1.11. The van der Waals surface area contributed by atoms with Gasteiger partial charge < -0.3 is 44.9 Å². The predicted molar refractivity (Wildman–Crippen MR) is 269 cm³/mol. The number of aliphatic hydroxyl groups is 1. The number of thioether (sulfide) groups is 1. The van der Waals surface area contributed by atoms with E-state index in [-0.39, 0.29) is 90.8 Å². The molecule has 4 heterocycles. The molecule has 3 saturated heterocycles. The van der Waals surface area contributed by atoms with E-state index in [0.717, 1.165) is 17.6 Å². The molecule has 71 heavy (non-hydrogen) atoms. The Hall–Kier alpha value is -4.53. The van der Waals surface area contributed by atoms with Crippen LogP contribution in [0.5, 0.6) is 5.75 Å². The molecule has 5 aliphatic rings. The van der Waals surface area contributed by atoms with Crippen molar-refractivity contribution in [2.75, 3.05) is 58.6 Å². The number of likely N-dealkylation sites (tertiary alicyclic amines) is 1. The fourth-order valence-electron chi connectivity index (χ4n) is 10.5. The molecule has 4 aliphatic heterocycles. The molecule has 5 N–H and O–H groups in total. The van der Waals surface area contributed by atoms with E-state index < -0.39 is 58.9 Å². The van der Waals surface area contributed by atoms with Gasteiger partial charge in [0.1, 0.15) is 23.0 Å². The lowest BCUT2D eigenvalue weighted by molar-refractivity contribution is -0.142. The van der Waals surface area contributed by atoms with Crippen LogP contribution in [0.4, 0.5) is 10.5 Å². The summed E-state index contributed by atoms with van der Waals surface area (Å²) in [7, 11) is 6.18. The van der Waals surface area contributed by atoms with Gasteiger partial charge in [0.2, 0.25) is 29.5 Å². The van der Waals surface area contributed by atoms with Crippen molar-refractivity contribution in [2.45, 2.75) is 139 Å². The topological polar surface area (TPSA) is 240 Å². The van der Waals surface area contributed by atoms with E-state index in [0.29, 0.717) is 62.4 Å². The highest BCUT2D eigenvalue weighted by Crippen LogP contribution is 2.52. The number of allylic oxidation sites excluding steroid dienone is 3. The number of nitrogens with two attached hydrogens (primary N) is 1. The first kappa shape index (κ1) is 55.8. The van der Waals surface area contributed by atoms with E-state index in [4.69, 9.17) is 36.3 Å². The number of anilines is 1. The van der Waals surface area contributed by atoms with Crippen LogP contribution in [0.15, 0.2) is 35.9 Å². The van der Waals surface area contributed by atoms with Crippen LogP contribution in [0.3, 0.4) is 0 Å². The summed E-state index contributed by atoms with van der Waals surface area (Å²) in [6.45, 7) is 8.25. The molecule has 4 bridgehead atoms. The van der Waals surface area contributed by atoms with E-state index in [1.807, 2.05) is 32.9 Å². The number of imide groups is 1. The van der Waals surface area contributed by atoms with E-state index in [9.17, 15) is 38.7 Å². The van der Waals surface area contributed by atoms with Gasteiger partial charge in [0, 0.05) is 84.2 Å². The van der Waals surface area contributed by atoms with E-state index >= 15 is 0 Å². The number of nitrogens with one attached hydrogen (secondary N) is 2. The van der Waals surface area contributed by atoms with Gasteiger partial charge >= 0.3 is 6.09 Å². The van der Waals surface area contributed by atoms with Crippen LogP contribution in [-0.2, 0) is 49.4 Å². The molecule has 0 aromatic heterocycles. The predicted octanol–water partition coefficient (Wildman–Crippen LogP) is 4.70. The van der Waals surface area contributed by atoms with Gasteiger partial charge in [0.15, 0.2) is 11.5 Å². The molecule has 4 fully saturated rings. The highest BCUT2D eigenvalue weighted by atomic mass is 35.5. The number of methoxy groups -OCH3 is 2. The van der Waals surface area contributed by atoms with Gasteiger partial charge in [-0.1, -0.05) is 42.3 Å². The van der Waals surface area contributed by atoms with Crippen molar-refractivity contribution >= 4 is 70.5 Å². The molecule has 18 nitrogen and oxygen atoms in total. The fourth-order valence-corrected chi connectivity index (χ4v) is 11.9. The van der Waals surface area contributed by atoms with Gasteiger partial charge in [-0.3, -0.25) is 39.0 Å². The zero-order valence-electron chi connectivity index (χ0n) is 42.3. The molecule has 1 aliphatic carbocycles. The van der Waals surface area contributed by atoms with Crippen molar-refractivity contribution in [2.24, 2.45) is 29.4 Å². The van der Waals surface area contributed by atoms with Crippen LogP contribution in [0.2, 0.25) is 5.02 Å². The number of alkyl carbamates (subject to hydrolysis) is 1. The lowest BCUT2D eigenvalue weighted by Crippen LogP contribution is -2.63. The quantitative estimate of drug-likeness (QED) is 0.0998. The number of ketones is 1. The number of halogens is 1. The van der Waals surface area contributed by atoms with Crippen molar-refractivity contribution in [1.29, 1.82) is 0 Å². The van der Waals surface area contributed by atoms with Gasteiger partial charge in [-0.25, -0.2) is 4.79 Å². The SMILES string of the molecule is COc1cc2cc(c1Cl)N(C)C(=O)C[C@H](CC(=O)[C@@H](C)N(C)C(=O)C1CCC(CNC(=O)CCN3C(=O)CC(SCCCN)C3=O)CC1)[C@]1(C)O[C@H]1[C@H](C)[C@@H]1C[C@@](O)(NC(=O)O1)[C@H](OC)/C=C/C=C(\C)C2. The minimum absolute atomic E-state index is 0.0132. The Morgan fingerprint density at radius 1 is 1.11 bits per heavy atom. The zero-order chi connectivity index (χ0) is 51.9. The molecular weight excluding hydrogens is 956 g/mol. The van der Waals surface area contributed by atoms with Gasteiger partial charge in [-0.2, -0.15) is 0 Å². The summed E-state index contributed by atoms with van der Waals surface area (Å²) in [5, 5.41) is 17.2. The summed E-state index contributed by atoms with van der Waals surface area (Å²) < 4.78 is 23.5. The van der Waals surface area contributed by atoms with Crippen LogP contribution < -0.4 is 26.0 Å². The standard InChI is InChI=1S/C51H73ClN6O12S/c1-29-11-9-12-41(68-8)51(66)27-39(69-49(65)55-51)30(2)46-50(4,70-46)35(25-43(61)57(6)36-22-33(21-29)23-38(67-7)45(36)52)24-37(59)31(3)56(5)47(63)34-15-13-32(14-16-34)28-54-42(60)17-19-58-44(62)26-40(48(58)64)71-20-10-18-53/h9,11-12,22-23,30-32,34-35,39-41,46,66H,10,13-21,24-28,53H2,1-8H3,(H,54,60)(H,55,65)/b12-9+,29-11+/t30-,31-,32?,34?,35+,39+,40?,41-,46+,50+,51+/m1/s1. The zero-order valence-corrected chi connectivity index (χ0v) is 43.9. The Bertz CT molecular complexity index is 2240. The van der Waals surface area contributed by atoms with Gasteiger partial charge in [0.25, 0.3) is 0 Å². The van der Waals surface area contributed by atoms with Crippen molar-refractivity contribution in [3.05, 3.63) is 46.5 Å². The molecule has 1 saturated carbocycles. The number of Topliss-reactive ketones (excluding diaryl/α,β-unsaturated/α-hetero) is 1. The van der Waals surface area contributed by atoms with Gasteiger partial charge in [-0.15, -0.1) is 11.8 Å². The van der Waals surface area contributed by atoms with Crippen molar-refractivity contribution < 1.29 is 57.6 Å². The molecule has 0 radical (unpaired) electrons. The average Bonchev–Trinajstić information content (AvgIpc) is 3.96. The van der Waals surface area contributed by atoms with Gasteiger partial charge in [0.05, 0.1) is 35.8 Å². The number of hydrogen-bond donors (Lipinski definition) is 4. The minimum Gasteiger partial charge on any atom is -0.495 e. The summed E-state index contributed by atoms with van der Waals surface area (Å²) >= 11 is 8.29. The summed E-state index contributed by atoms with van der Waals surface area (Å²) in [4.78, 5) is 98.1. The Labute approximate surface area is 426 Å². The van der Waals surface area contributed by atoms with Crippen LogP contribution >= 0.6 is 23.4 Å².